The molecule has 2 N–H and O–H groups in total. The third kappa shape index (κ3) is 7.73. The largest absolute Gasteiger partial charge is 0.357 e. The van der Waals surface area contributed by atoms with E-state index in [1.165, 1.54) is 56.7 Å². The van der Waals surface area contributed by atoms with Crippen molar-refractivity contribution in [2.75, 3.05) is 57.3 Å². The number of likely N-dealkylation sites (tertiary alicyclic amines) is 1. The summed E-state index contributed by atoms with van der Waals surface area (Å²) in [6.45, 7) is 9.00. The summed E-state index contributed by atoms with van der Waals surface area (Å²) in [7, 11) is 0. The van der Waals surface area contributed by atoms with Gasteiger partial charge in [-0.25, -0.2) is 0 Å². The molecule has 6 nitrogen and oxygen atoms in total. The van der Waals surface area contributed by atoms with E-state index in [2.05, 4.69) is 39.1 Å². The summed E-state index contributed by atoms with van der Waals surface area (Å²) in [6, 6.07) is 0. The van der Waals surface area contributed by atoms with E-state index in [0.717, 1.165) is 64.4 Å². The Balaban J connectivity index is 0.00000320. The molecule has 0 atom stereocenters. The molecular formula is C22H42IN5OS. The lowest BCUT2D eigenvalue weighted by Gasteiger charge is -2.42. The van der Waals surface area contributed by atoms with Gasteiger partial charge in [0, 0.05) is 62.7 Å². The van der Waals surface area contributed by atoms with Crippen molar-refractivity contribution in [2.24, 2.45) is 4.99 Å². The molecule has 0 radical (unpaired) electrons. The molecule has 1 saturated carbocycles. The number of nitrogens with zero attached hydrogens (tertiary/aromatic N) is 3. The number of halogens is 1. The zero-order chi connectivity index (χ0) is 20.4. The molecular weight excluding hydrogens is 509 g/mol. The molecule has 3 rings (SSSR count). The number of thioether (sulfide) groups is 1. The summed E-state index contributed by atoms with van der Waals surface area (Å²) in [4.78, 5) is 22.0. The van der Waals surface area contributed by atoms with E-state index in [1.54, 1.807) is 0 Å². The van der Waals surface area contributed by atoms with Gasteiger partial charge in [-0.2, -0.15) is 11.8 Å². The molecule has 2 saturated heterocycles. The van der Waals surface area contributed by atoms with E-state index < -0.39 is 0 Å². The van der Waals surface area contributed by atoms with Crippen LogP contribution in [0.1, 0.15) is 64.7 Å². The number of amides is 1. The number of hydrogen-bond acceptors (Lipinski definition) is 4. The van der Waals surface area contributed by atoms with Crippen molar-refractivity contribution in [1.82, 2.24) is 20.4 Å². The summed E-state index contributed by atoms with van der Waals surface area (Å²) >= 11 is 2.09. The van der Waals surface area contributed by atoms with E-state index in [-0.39, 0.29) is 29.5 Å². The SMILES string of the molecule is CCNC(=NCC1(N2CCSCC2)CCCC1)NCCCN1CCCCCC1=O.I. The van der Waals surface area contributed by atoms with Gasteiger partial charge < -0.3 is 15.5 Å². The molecule has 8 heteroatoms. The van der Waals surface area contributed by atoms with Gasteiger partial charge in [-0.3, -0.25) is 14.7 Å². The molecule has 0 spiro atoms. The molecule has 30 heavy (non-hydrogen) atoms. The number of rotatable bonds is 8. The summed E-state index contributed by atoms with van der Waals surface area (Å²) < 4.78 is 0. The fourth-order valence-electron chi connectivity index (χ4n) is 4.96. The highest BCUT2D eigenvalue weighted by Gasteiger charge is 2.39. The second kappa shape index (κ2) is 14.0. The number of carbonyl (C=O) groups is 1. The first-order valence-corrected chi connectivity index (χ1v) is 13.0. The molecule has 2 heterocycles. The van der Waals surface area contributed by atoms with Gasteiger partial charge in [0.1, 0.15) is 0 Å². The fourth-order valence-corrected chi connectivity index (χ4v) is 5.87. The first-order valence-electron chi connectivity index (χ1n) is 11.9. The molecule has 1 aliphatic carbocycles. The Morgan fingerprint density at radius 2 is 1.83 bits per heavy atom. The number of aliphatic imine (C=N–C) groups is 1. The van der Waals surface area contributed by atoms with Gasteiger partial charge in [0.25, 0.3) is 0 Å². The van der Waals surface area contributed by atoms with Crippen LogP contribution in [0, 0.1) is 0 Å². The van der Waals surface area contributed by atoms with Crippen LogP contribution in [-0.4, -0.2) is 84.5 Å². The van der Waals surface area contributed by atoms with Crippen molar-refractivity contribution in [1.29, 1.82) is 0 Å². The van der Waals surface area contributed by atoms with E-state index in [0.29, 0.717) is 5.91 Å². The molecule has 1 amide bonds. The minimum Gasteiger partial charge on any atom is -0.357 e. The molecule has 0 unspecified atom stereocenters. The lowest BCUT2D eigenvalue weighted by Crippen LogP contribution is -2.53. The van der Waals surface area contributed by atoms with E-state index >= 15 is 0 Å². The third-order valence-electron chi connectivity index (χ3n) is 6.66. The predicted molar refractivity (Wildman–Crippen MR) is 139 cm³/mol. The van der Waals surface area contributed by atoms with Crippen molar-refractivity contribution in [3.05, 3.63) is 0 Å². The zero-order valence-electron chi connectivity index (χ0n) is 18.8. The van der Waals surface area contributed by atoms with Crippen LogP contribution in [0.4, 0.5) is 0 Å². The fraction of sp³-hybridized carbons (Fsp3) is 0.909. The molecule has 2 aliphatic heterocycles. The maximum absolute atomic E-state index is 12.1. The zero-order valence-corrected chi connectivity index (χ0v) is 21.9. The van der Waals surface area contributed by atoms with E-state index in [1.807, 2.05) is 0 Å². The number of hydrogen-bond donors (Lipinski definition) is 2. The Kier molecular flexibility index (Phi) is 12.2. The minimum atomic E-state index is 0. The average Bonchev–Trinajstić information content (AvgIpc) is 3.14. The molecule has 0 aromatic carbocycles. The maximum Gasteiger partial charge on any atom is 0.222 e. The highest BCUT2D eigenvalue weighted by Crippen LogP contribution is 2.37. The number of carbonyl (C=O) groups excluding carboxylic acids is 1. The Labute approximate surface area is 204 Å². The Bertz CT molecular complexity index is 536. The minimum absolute atomic E-state index is 0. The first kappa shape index (κ1) is 26.0. The van der Waals surface area contributed by atoms with Gasteiger partial charge in [-0.1, -0.05) is 19.3 Å². The summed E-state index contributed by atoms with van der Waals surface area (Å²) in [5.41, 5.74) is 0.280. The van der Waals surface area contributed by atoms with Crippen molar-refractivity contribution in [3.8, 4) is 0 Å². The molecule has 3 fully saturated rings. The average molecular weight is 552 g/mol. The van der Waals surface area contributed by atoms with Gasteiger partial charge in [0.15, 0.2) is 5.96 Å². The van der Waals surface area contributed by atoms with Gasteiger partial charge in [0.05, 0.1) is 6.54 Å². The lowest BCUT2D eigenvalue weighted by molar-refractivity contribution is -0.130. The monoisotopic (exact) mass is 551 g/mol. The van der Waals surface area contributed by atoms with Gasteiger partial charge in [-0.15, -0.1) is 24.0 Å². The van der Waals surface area contributed by atoms with Crippen LogP contribution in [0.2, 0.25) is 0 Å². The second-order valence-corrected chi connectivity index (χ2v) is 9.92. The normalized spacial score (nSPS) is 23.0. The van der Waals surface area contributed by atoms with Crippen LogP contribution in [0.25, 0.3) is 0 Å². The number of guanidine groups is 1. The van der Waals surface area contributed by atoms with Gasteiger partial charge >= 0.3 is 0 Å². The van der Waals surface area contributed by atoms with Crippen LogP contribution in [0.3, 0.4) is 0 Å². The van der Waals surface area contributed by atoms with Gasteiger partial charge in [-0.05, 0) is 39.0 Å². The highest BCUT2D eigenvalue weighted by molar-refractivity contribution is 14.0. The van der Waals surface area contributed by atoms with Crippen molar-refractivity contribution >= 4 is 47.6 Å². The van der Waals surface area contributed by atoms with Crippen LogP contribution in [0.5, 0.6) is 0 Å². The van der Waals surface area contributed by atoms with Crippen LogP contribution in [-0.2, 0) is 4.79 Å². The third-order valence-corrected chi connectivity index (χ3v) is 7.60. The molecule has 0 aromatic heterocycles. The number of nitrogens with one attached hydrogen (secondary N) is 2. The highest BCUT2D eigenvalue weighted by atomic mass is 127. The topological polar surface area (TPSA) is 60.0 Å². The van der Waals surface area contributed by atoms with Crippen LogP contribution >= 0.6 is 35.7 Å². The van der Waals surface area contributed by atoms with Gasteiger partial charge in [0.2, 0.25) is 5.91 Å². The van der Waals surface area contributed by atoms with E-state index in [9.17, 15) is 4.79 Å². The van der Waals surface area contributed by atoms with Crippen molar-refractivity contribution in [2.45, 2.75) is 70.3 Å². The predicted octanol–water partition coefficient (Wildman–Crippen LogP) is 3.31. The van der Waals surface area contributed by atoms with E-state index in [4.69, 9.17) is 4.99 Å². The standard InChI is InChI=1S/C22H41N5OS.HI/c1-2-23-21(24-12-8-14-26-13-7-3-4-9-20(26)28)25-19-22(10-5-6-11-22)27-15-17-29-18-16-27;/h2-19H2,1H3,(H2,23,24,25);1H. The Morgan fingerprint density at radius 1 is 1.07 bits per heavy atom. The van der Waals surface area contributed by atoms with Crippen molar-refractivity contribution in [3.63, 3.8) is 0 Å². The molecule has 174 valence electrons. The molecule has 0 bridgehead atoms. The quantitative estimate of drug-likeness (QED) is 0.210. The maximum atomic E-state index is 12.1. The lowest BCUT2D eigenvalue weighted by atomic mass is 9.95. The van der Waals surface area contributed by atoms with Crippen LogP contribution in [0.15, 0.2) is 4.99 Å². The summed E-state index contributed by atoms with van der Waals surface area (Å²) in [5, 5.41) is 6.93. The Hall–Kier alpha value is -0.220. The summed E-state index contributed by atoms with van der Waals surface area (Å²) in [6.07, 6.45) is 10.4. The Morgan fingerprint density at radius 3 is 2.57 bits per heavy atom. The molecule has 0 aromatic rings. The second-order valence-electron chi connectivity index (χ2n) is 8.70. The first-order chi connectivity index (χ1) is 14.2. The smallest absolute Gasteiger partial charge is 0.222 e. The van der Waals surface area contributed by atoms with Crippen LogP contribution < -0.4 is 10.6 Å². The molecule has 3 aliphatic rings. The summed E-state index contributed by atoms with van der Waals surface area (Å²) in [5.74, 6) is 3.80. The van der Waals surface area contributed by atoms with Crippen molar-refractivity contribution < 1.29 is 4.79 Å².